The molecule has 0 aliphatic carbocycles. The number of thiazole rings is 1. The highest BCUT2D eigenvalue weighted by atomic mass is 32.1. The Balaban J connectivity index is 1.37. The number of anilines is 1. The number of carbonyl (C=O) groups excluding carboxylic acids is 1. The lowest BCUT2D eigenvalue weighted by Gasteiger charge is -2.10. The van der Waals surface area contributed by atoms with Crippen molar-refractivity contribution in [1.29, 1.82) is 0 Å². The van der Waals surface area contributed by atoms with Crippen LogP contribution in [0.1, 0.15) is 11.1 Å². The Labute approximate surface area is 180 Å². The zero-order valence-corrected chi connectivity index (χ0v) is 17.7. The summed E-state index contributed by atoms with van der Waals surface area (Å²) in [4.78, 5) is 17.0. The minimum absolute atomic E-state index is 0.0296. The van der Waals surface area contributed by atoms with E-state index in [0.717, 1.165) is 38.8 Å². The summed E-state index contributed by atoms with van der Waals surface area (Å²) in [7, 11) is 0. The Bertz CT molecular complexity index is 1150. The van der Waals surface area contributed by atoms with Crippen LogP contribution in [0, 0.1) is 13.8 Å². The van der Waals surface area contributed by atoms with Crippen molar-refractivity contribution in [2.45, 2.75) is 13.8 Å². The standard InChI is InChI=1S/C25H22N2O2S/c1-17-8-13-23(18(2)14-17)29-15-24(28)26-21-11-9-19(10-12-21)22-16-30-25(27-22)20-6-4-3-5-7-20/h3-14,16H,15H2,1-2H3,(H,26,28). The largest absolute Gasteiger partial charge is 0.483 e. The van der Waals surface area contributed by atoms with E-state index in [1.807, 2.05) is 79.9 Å². The number of nitrogens with one attached hydrogen (secondary N) is 1. The van der Waals surface area contributed by atoms with E-state index in [0.29, 0.717) is 0 Å². The molecule has 4 aromatic rings. The second-order valence-electron chi connectivity index (χ2n) is 7.09. The lowest BCUT2D eigenvalue weighted by atomic mass is 10.1. The summed E-state index contributed by atoms with van der Waals surface area (Å²) in [5.41, 5.74) is 5.96. The van der Waals surface area contributed by atoms with Gasteiger partial charge in [-0.2, -0.15) is 0 Å². The monoisotopic (exact) mass is 414 g/mol. The van der Waals surface area contributed by atoms with Crippen molar-refractivity contribution < 1.29 is 9.53 Å². The molecule has 0 saturated heterocycles. The van der Waals surface area contributed by atoms with E-state index in [4.69, 9.17) is 9.72 Å². The van der Waals surface area contributed by atoms with Crippen LogP contribution in [0.3, 0.4) is 0 Å². The molecule has 1 aromatic heterocycles. The molecular formula is C25H22N2O2S. The number of hydrogen-bond acceptors (Lipinski definition) is 4. The number of nitrogens with zero attached hydrogens (tertiary/aromatic N) is 1. The third-order valence-electron chi connectivity index (χ3n) is 4.68. The predicted molar refractivity (Wildman–Crippen MR) is 123 cm³/mol. The third kappa shape index (κ3) is 4.75. The summed E-state index contributed by atoms with van der Waals surface area (Å²) in [6.07, 6.45) is 0. The van der Waals surface area contributed by atoms with Gasteiger partial charge in [-0.25, -0.2) is 4.98 Å². The fraction of sp³-hybridized carbons (Fsp3) is 0.120. The Morgan fingerprint density at radius 2 is 1.73 bits per heavy atom. The molecule has 0 bridgehead atoms. The molecule has 0 spiro atoms. The average molecular weight is 415 g/mol. The lowest BCUT2D eigenvalue weighted by Crippen LogP contribution is -2.20. The Kier molecular flexibility index (Phi) is 5.91. The molecule has 1 N–H and O–H groups in total. The van der Waals surface area contributed by atoms with E-state index in [-0.39, 0.29) is 12.5 Å². The van der Waals surface area contributed by atoms with Crippen LogP contribution in [-0.4, -0.2) is 17.5 Å². The summed E-state index contributed by atoms with van der Waals surface area (Å²) < 4.78 is 5.64. The van der Waals surface area contributed by atoms with Gasteiger partial charge in [-0.1, -0.05) is 60.2 Å². The quantitative estimate of drug-likeness (QED) is 0.414. The van der Waals surface area contributed by atoms with Crippen molar-refractivity contribution in [3.05, 3.63) is 89.3 Å². The highest BCUT2D eigenvalue weighted by Gasteiger charge is 2.08. The van der Waals surface area contributed by atoms with Gasteiger partial charge >= 0.3 is 0 Å². The van der Waals surface area contributed by atoms with Crippen molar-refractivity contribution in [2.75, 3.05) is 11.9 Å². The summed E-state index contributed by atoms with van der Waals surface area (Å²) in [6.45, 7) is 3.97. The SMILES string of the molecule is Cc1ccc(OCC(=O)Nc2ccc(-c3csc(-c4ccccc4)n3)cc2)c(C)c1. The van der Waals surface area contributed by atoms with Crippen molar-refractivity contribution >= 4 is 22.9 Å². The zero-order valence-electron chi connectivity index (χ0n) is 16.9. The number of aryl methyl sites for hydroxylation is 2. The van der Waals surface area contributed by atoms with E-state index < -0.39 is 0 Å². The van der Waals surface area contributed by atoms with Crippen LogP contribution in [0.2, 0.25) is 0 Å². The molecule has 3 aromatic carbocycles. The minimum atomic E-state index is -0.192. The van der Waals surface area contributed by atoms with Crippen LogP contribution in [-0.2, 0) is 4.79 Å². The first-order valence-corrected chi connectivity index (χ1v) is 10.6. The Morgan fingerprint density at radius 3 is 2.47 bits per heavy atom. The molecule has 30 heavy (non-hydrogen) atoms. The molecule has 5 heteroatoms. The number of carbonyl (C=O) groups is 1. The normalized spacial score (nSPS) is 10.6. The van der Waals surface area contributed by atoms with Crippen LogP contribution >= 0.6 is 11.3 Å². The van der Waals surface area contributed by atoms with Crippen LogP contribution in [0.4, 0.5) is 5.69 Å². The van der Waals surface area contributed by atoms with Gasteiger partial charge in [0.05, 0.1) is 5.69 Å². The molecule has 0 unspecified atom stereocenters. The molecule has 0 aliphatic heterocycles. The topological polar surface area (TPSA) is 51.2 Å². The Morgan fingerprint density at radius 1 is 0.967 bits per heavy atom. The highest BCUT2D eigenvalue weighted by molar-refractivity contribution is 7.13. The first-order chi connectivity index (χ1) is 14.6. The van der Waals surface area contributed by atoms with Gasteiger partial charge in [0.25, 0.3) is 5.91 Å². The van der Waals surface area contributed by atoms with Gasteiger partial charge in [-0.05, 0) is 37.6 Å². The molecule has 0 fully saturated rings. The summed E-state index contributed by atoms with van der Waals surface area (Å²) in [6, 6.07) is 23.7. The molecule has 0 radical (unpaired) electrons. The maximum atomic E-state index is 12.2. The Hall–Kier alpha value is -3.44. The molecule has 0 atom stereocenters. The van der Waals surface area contributed by atoms with E-state index in [1.54, 1.807) is 11.3 Å². The van der Waals surface area contributed by atoms with Crippen molar-refractivity contribution in [2.24, 2.45) is 0 Å². The van der Waals surface area contributed by atoms with E-state index in [1.165, 1.54) is 5.56 Å². The minimum Gasteiger partial charge on any atom is -0.483 e. The maximum Gasteiger partial charge on any atom is 0.262 e. The second-order valence-corrected chi connectivity index (χ2v) is 7.95. The number of aromatic nitrogens is 1. The third-order valence-corrected chi connectivity index (χ3v) is 5.57. The van der Waals surface area contributed by atoms with Gasteiger partial charge in [0.15, 0.2) is 6.61 Å². The van der Waals surface area contributed by atoms with Gasteiger partial charge in [0.1, 0.15) is 10.8 Å². The van der Waals surface area contributed by atoms with E-state index in [2.05, 4.69) is 17.4 Å². The van der Waals surface area contributed by atoms with Crippen LogP contribution in [0.15, 0.2) is 78.2 Å². The predicted octanol–water partition coefficient (Wildman–Crippen LogP) is 6.11. The first kappa shape index (κ1) is 19.9. The van der Waals surface area contributed by atoms with E-state index >= 15 is 0 Å². The van der Waals surface area contributed by atoms with Gasteiger partial charge in [0.2, 0.25) is 0 Å². The maximum absolute atomic E-state index is 12.2. The summed E-state index contributed by atoms with van der Waals surface area (Å²) in [5, 5.41) is 5.91. The number of ether oxygens (including phenoxy) is 1. The molecule has 4 rings (SSSR count). The molecule has 4 nitrogen and oxygen atoms in total. The lowest BCUT2D eigenvalue weighted by molar-refractivity contribution is -0.118. The molecule has 0 aliphatic rings. The van der Waals surface area contributed by atoms with Crippen molar-refractivity contribution in [1.82, 2.24) is 4.98 Å². The zero-order chi connectivity index (χ0) is 20.9. The molecule has 0 saturated carbocycles. The van der Waals surface area contributed by atoms with Crippen LogP contribution in [0.5, 0.6) is 5.75 Å². The number of hydrogen-bond donors (Lipinski definition) is 1. The average Bonchev–Trinajstić information content (AvgIpc) is 3.25. The van der Waals surface area contributed by atoms with Crippen LogP contribution in [0.25, 0.3) is 21.8 Å². The van der Waals surface area contributed by atoms with E-state index in [9.17, 15) is 4.79 Å². The van der Waals surface area contributed by atoms with Gasteiger partial charge < -0.3 is 10.1 Å². The van der Waals surface area contributed by atoms with Gasteiger partial charge in [0, 0.05) is 22.2 Å². The molecule has 1 heterocycles. The first-order valence-electron chi connectivity index (χ1n) is 9.70. The molecule has 150 valence electrons. The number of amides is 1. The van der Waals surface area contributed by atoms with Gasteiger partial charge in [-0.3, -0.25) is 4.79 Å². The fourth-order valence-corrected chi connectivity index (χ4v) is 3.98. The van der Waals surface area contributed by atoms with Crippen molar-refractivity contribution in [3.8, 4) is 27.6 Å². The van der Waals surface area contributed by atoms with Crippen molar-refractivity contribution in [3.63, 3.8) is 0 Å². The molecular weight excluding hydrogens is 392 g/mol. The fourth-order valence-electron chi connectivity index (χ4n) is 3.15. The molecule has 1 amide bonds. The second kappa shape index (κ2) is 8.93. The number of rotatable bonds is 6. The van der Waals surface area contributed by atoms with Crippen LogP contribution < -0.4 is 10.1 Å². The smallest absolute Gasteiger partial charge is 0.262 e. The highest BCUT2D eigenvalue weighted by Crippen LogP contribution is 2.29. The summed E-state index contributed by atoms with van der Waals surface area (Å²) in [5.74, 6) is 0.534. The van der Waals surface area contributed by atoms with Gasteiger partial charge in [-0.15, -0.1) is 11.3 Å². The number of benzene rings is 3. The summed E-state index contributed by atoms with van der Waals surface area (Å²) >= 11 is 1.62.